The van der Waals surface area contributed by atoms with E-state index in [1.54, 1.807) is 4.90 Å². The van der Waals surface area contributed by atoms with Gasteiger partial charge in [0.05, 0.1) is 6.54 Å². The highest BCUT2D eigenvalue weighted by molar-refractivity contribution is 5.88. The molecule has 7 heteroatoms. The molecule has 1 atom stereocenters. The van der Waals surface area contributed by atoms with Gasteiger partial charge in [-0.05, 0) is 31.9 Å². The van der Waals surface area contributed by atoms with E-state index in [4.69, 9.17) is 9.47 Å². The largest absolute Gasteiger partial charge is 0.444 e. The van der Waals surface area contributed by atoms with Crippen LogP contribution in [0.2, 0.25) is 0 Å². The fraction of sp³-hybridized carbons (Fsp3) is 0.588. The van der Waals surface area contributed by atoms with Crippen LogP contribution < -0.4 is 4.90 Å². The molecule has 7 nitrogen and oxygen atoms in total. The lowest BCUT2D eigenvalue weighted by Crippen LogP contribution is -2.40. The Morgan fingerprint density at radius 1 is 1.38 bits per heavy atom. The molecule has 2 aliphatic heterocycles. The van der Waals surface area contributed by atoms with Gasteiger partial charge >= 0.3 is 6.09 Å². The van der Waals surface area contributed by atoms with Crippen LogP contribution in [-0.4, -0.2) is 61.3 Å². The molecular formula is C17H23N3O4. The maximum absolute atomic E-state index is 11.9. The molecule has 2 fully saturated rings. The van der Waals surface area contributed by atoms with Gasteiger partial charge in [0.15, 0.2) is 0 Å². The zero-order chi connectivity index (χ0) is 17.1. The van der Waals surface area contributed by atoms with E-state index < -0.39 is 0 Å². The van der Waals surface area contributed by atoms with Crippen LogP contribution in [0.1, 0.15) is 31.4 Å². The van der Waals surface area contributed by atoms with Crippen LogP contribution in [0.15, 0.2) is 18.2 Å². The third-order valence-corrected chi connectivity index (χ3v) is 4.53. The van der Waals surface area contributed by atoms with Gasteiger partial charge in [-0.25, -0.2) is 9.78 Å². The molecule has 130 valence electrons. The molecule has 2 aliphatic rings. The van der Waals surface area contributed by atoms with Crippen molar-refractivity contribution in [3.63, 3.8) is 0 Å². The third kappa shape index (κ3) is 3.51. The van der Waals surface area contributed by atoms with Crippen LogP contribution >= 0.6 is 0 Å². The number of nitrogens with zero attached hydrogens (tertiary/aromatic N) is 3. The number of amides is 2. The molecule has 0 radical (unpaired) electrons. The Kier molecular flexibility index (Phi) is 4.99. The number of pyridine rings is 1. The second-order valence-electron chi connectivity index (χ2n) is 6.31. The molecule has 0 unspecified atom stereocenters. The van der Waals surface area contributed by atoms with E-state index in [-0.39, 0.29) is 24.7 Å². The summed E-state index contributed by atoms with van der Waals surface area (Å²) in [5.41, 5.74) is 0.971. The molecule has 0 aliphatic carbocycles. The van der Waals surface area contributed by atoms with E-state index in [1.165, 1.54) is 7.11 Å². The highest BCUT2D eigenvalue weighted by Crippen LogP contribution is 2.29. The summed E-state index contributed by atoms with van der Waals surface area (Å²) in [5.74, 6) is 0.971. The summed E-state index contributed by atoms with van der Waals surface area (Å²) in [6, 6.07) is 5.75. The fourth-order valence-corrected chi connectivity index (χ4v) is 3.25. The van der Waals surface area contributed by atoms with Crippen molar-refractivity contribution >= 4 is 17.8 Å². The summed E-state index contributed by atoms with van der Waals surface area (Å²) in [6.45, 7) is 3.95. The molecule has 0 N–H and O–H groups in total. The monoisotopic (exact) mass is 333 g/mol. The quantitative estimate of drug-likeness (QED) is 0.840. The van der Waals surface area contributed by atoms with E-state index in [0.29, 0.717) is 31.4 Å². The number of cyclic esters (lactones) is 1. The number of ether oxygens (including phenoxy) is 2. The Morgan fingerprint density at radius 2 is 2.12 bits per heavy atom. The molecule has 3 rings (SSSR count). The second-order valence-corrected chi connectivity index (χ2v) is 6.31. The smallest absolute Gasteiger partial charge is 0.415 e. The zero-order valence-electron chi connectivity index (χ0n) is 14.1. The summed E-state index contributed by atoms with van der Waals surface area (Å²) in [5, 5.41) is 0. The summed E-state index contributed by atoms with van der Waals surface area (Å²) >= 11 is 0. The Bertz CT molecular complexity index is 614. The molecule has 2 amide bonds. The van der Waals surface area contributed by atoms with Gasteiger partial charge in [0.1, 0.15) is 18.5 Å². The third-order valence-electron chi connectivity index (χ3n) is 4.53. The number of rotatable bonds is 4. The van der Waals surface area contributed by atoms with Gasteiger partial charge in [-0.3, -0.25) is 9.69 Å². The number of hydrogen-bond donors (Lipinski definition) is 0. The van der Waals surface area contributed by atoms with Crippen molar-refractivity contribution < 1.29 is 19.1 Å². The predicted octanol–water partition coefficient (Wildman–Crippen LogP) is 1.78. The highest BCUT2D eigenvalue weighted by atomic mass is 16.6. The Labute approximate surface area is 141 Å². The maximum Gasteiger partial charge on any atom is 0.415 e. The molecule has 0 saturated carbocycles. The van der Waals surface area contributed by atoms with Crippen LogP contribution in [-0.2, 0) is 14.3 Å². The minimum atomic E-state index is -0.341. The average Bonchev–Trinajstić information content (AvgIpc) is 2.94. The van der Waals surface area contributed by atoms with Crippen LogP contribution in [0.25, 0.3) is 0 Å². The lowest BCUT2D eigenvalue weighted by molar-refractivity contribution is -0.136. The number of carbonyl (C=O) groups is 2. The lowest BCUT2D eigenvalue weighted by Gasteiger charge is -2.31. The Balaban J connectivity index is 1.65. The molecule has 0 aromatic carbocycles. The molecule has 0 spiro atoms. The molecular weight excluding hydrogens is 310 g/mol. The van der Waals surface area contributed by atoms with Gasteiger partial charge in [-0.1, -0.05) is 6.07 Å². The van der Waals surface area contributed by atoms with Crippen molar-refractivity contribution in [1.82, 2.24) is 9.88 Å². The minimum absolute atomic E-state index is 0.0338. The molecule has 1 aromatic rings. The summed E-state index contributed by atoms with van der Waals surface area (Å²) < 4.78 is 10.1. The fourth-order valence-electron chi connectivity index (χ4n) is 3.25. The van der Waals surface area contributed by atoms with Gasteiger partial charge < -0.3 is 14.4 Å². The normalized spacial score (nSPS) is 21.9. The van der Waals surface area contributed by atoms with E-state index in [9.17, 15) is 9.59 Å². The van der Waals surface area contributed by atoms with Gasteiger partial charge in [0, 0.05) is 31.8 Å². The minimum Gasteiger partial charge on any atom is -0.444 e. The molecule has 1 aromatic heterocycles. The molecule has 3 heterocycles. The van der Waals surface area contributed by atoms with Crippen molar-refractivity contribution in [2.24, 2.45) is 0 Å². The van der Waals surface area contributed by atoms with Gasteiger partial charge in [-0.15, -0.1) is 0 Å². The number of hydrogen-bond acceptors (Lipinski definition) is 5. The number of anilines is 1. The van der Waals surface area contributed by atoms with Gasteiger partial charge in [0.2, 0.25) is 5.91 Å². The van der Waals surface area contributed by atoms with Crippen molar-refractivity contribution in [3.05, 3.63) is 23.9 Å². The summed E-state index contributed by atoms with van der Waals surface area (Å²) in [7, 11) is 1.53. The molecule has 0 bridgehead atoms. The SMILES string of the molecule is COCC(=O)N1CCC(c2cccc(N3C[C@H](C)OC3=O)n2)CC1. The topological polar surface area (TPSA) is 72.0 Å². The van der Waals surface area contributed by atoms with E-state index in [1.807, 2.05) is 30.0 Å². The first kappa shape index (κ1) is 16.7. The van der Waals surface area contributed by atoms with Crippen molar-refractivity contribution in [3.8, 4) is 0 Å². The first-order valence-electron chi connectivity index (χ1n) is 8.30. The van der Waals surface area contributed by atoms with Crippen molar-refractivity contribution in [2.75, 3.05) is 38.3 Å². The Hall–Kier alpha value is -2.15. The van der Waals surface area contributed by atoms with Crippen molar-refractivity contribution in [2.45, 2.75) is 31.8 Å². The van der Waals surface area contributed by atoms with E-state index in [0.717, 1.165) is 18.5 Å². The summed E-state index contributed by atoms with van der Waals surface area (Å²) in [4.78, 5) is 31.8. The predicted molar refractivity (Wildman–Crippen MR) is 88.0 cm³/mol. The van der Waals surface area contributed by atoms with Crippen molar-refractivity contribution in [1.29, 1.82) is 0 Å². The van der Waals surface area contributed by atoms with Crippen LogP contribution in [0.5, 0.6) is 0 Å². The molecule has 2 saturated heterocycles. The van der Waals surface area contributed by atoms with Crippen LogP contribution in [0.4, 0.5) is 10.6 Å². The van der Waals surface area contributed by atoms with Crippen LogP contribution in [0, 0.1) is 0 Å². The lowest BCUT2D eigenvalue weighted by atomic mass is 9.93. The van der Waals surface area contributed by atoms with Crippen LogP contribution in [0.3, 0.4) is 0 Å². The Morgan fingerprint density at radius 3 is 2.75 bits per heavy atom. The second kappa shape index (κ2) is 7.17. The number of likely N-dealkylation sites (tertiary alicyclic amines) is 1. The number of piperidine rings is 1. The number of carbonyl (C=O) groups excluding carboxylic acids is 2. The number of methoxy groups -OCH3 is 1. The average molecular weight is 333 g/mol. The van der Waals surface area contributed by atoms with E-state index in [2.05, 4.69) is 4.98 Å². The first-order chi connectivity index (χ1) is 11.6. The van der Waals surface area contributed by atoms with Gasteiger partial charge in [0.25, 0.3) is 0 Å². The standard InChI is InChI=1S/C17H23N3O4/c1-12-10-20(17(22)24-12)15-5-3-4-14(18-15)13-6-8-19(9-7-13)16(21)11-23-2/h3-5,12-13H,6-11H2,1-2H3/t12-/m0/s1. The van der Waals surface area contributed by atoms with E-state index >= 15 is 0 Å². The van der Waals surface area contributed by atoms with Gasteiger partial charge in [-0.2, -0.15) is 0 Å². The highest BCUT2D eigenvalue weighted by Gasteiger charge is 2.31. The zero-order valence-corrected chi connectivity index (χ0v) is 14.1. The number of aromatic nitrogens is 1. The maximum atomic E-state index is 11.9. The first-order valence-corrected chi connectivity index (χ1v) is 8.30. The molecule has 24 heavy (non-hydrogen) atoms. The summed E-state index contributed by atoms with van der Waals surface area (Å²) in [6.07, 6.45) is 1.28.